The predicted molar refractivity (Wildman–Crippen MR) is 78.4 cm³/mol. The second kappa shape index (κ2) is 8.39. The maximum atomic E-state index is 13.9. The summed E-state index contributed by atoms with van der Waals surface area (Å²) in [5.41, 5.74) is 0.604. The number of hydrogen-bond donors (Lipinski definition) is 1. The van der Waals surface area contributed by atoms with Gasteiger partial charge in [-0.2, -0.15) is 0 Å². The molecule has 1 aromatic carbocycles. The van der Waals surface area contributed by atoms with Gasteiger partial charge in [0.15, 0.2) is 11.6 Å². The van der Waals surface area contributed by atoms with E-state index in [0.29, 0.717) is 24.6 Å². The van der Waals surface area contributed by atoms with Gasteiger partial charge in [-0.25, -0.2) is 4.39 Å². The summed E-state index contributed by atoms with van der Waals surface area (Å²) in [5.74, 6) is 0.484. The fourth-order valence-electron chi connectivity index (χ4n) is 2.16. The fourth-order valence-corrected chi connectivity index (χ4v) is 2.63. The van der Waals surface area contributed by atoms with Gasteiger partial charge < -0.3 is 10.1 Å². The highest BCUT2D eigenvalue weighted by Gasteiger charge is 2.15. The lowest BCUT2D eigenvalue weighted by Crippen LogP contribution is -2.28. The van der Waals surface area contributed by atoms with Crippen LogP contribution in [0.4, 0.5) is 4.39 Å². The first-order valence-electron chi connectivity index (χ1n) is 6.80. The molecule has 0 aliphatic heterocycles. The minimum absolute atomic E-state index is 0.0867. The first kappa shape index (κ1) is 16.3. The predicted octanol–water partition coefficient (Wildman–Crippen LogP) is 3.97. The van der Waals surface area contributed by atoms with Gasteiger partial charge in [-0.15, -0.1) is 11.6 Å². The van der Waals surface area contributed by atoms with Crippen molar-refractivity contribution in [1.82, 2.24) is 5.32 Å². The zero-order valence-corrected chi connectivity index (χ0v) is 12.6. The molecule has 0 spiro atoms. The normalized spacial score (nSPS) is 12.7. The molecule has 19 heavy (non-hydrogen) atoms. The quantitative estimate of drug-likeness (QED) is 0.731. The van der Waals surface area contributed by atoms with Gasteiger partial charge in [-0.1, -0.05) is 38.8 Å². The van der Waals surface area contributed by atoms with Crippen LogP contribution in [0.25, 0.3) is 0 Å². The van der Waals surface area contributed by atoms with Gasteiger partial charge >= 0.3 is 0 Å². The fraction of sp³-hybridized carbons (Fsp3) is 0.600. The van der Waals surface area contributed by atoms with Crippen molar-refractivity contribution in [2.24, 2.45) is 5.92 Å². The third-order valence-electron chi connectivity index (χ3n) is 3.48. The van der Waals surface area contributed by atoms with Crippen molar-refractivity contribution in [2.45, 2.75) is 38.6 Å². The van der Waals surface area contributed by atoms with Crippen LogP contribution in [0, 0.1) is 11.7 Å². The summed E-state index contributed by atoms with van der Waals surface area (Å²) in [5, 5.41) is 3.30. The van der Waals surface area contributed by atoms with E-state index in [4.69, 9.17) is 16.3 Å². The number of hydrogen-bond acceptors (Lipinski definition) is 2. The second-order valence-corrected chi connectivity index (χ2v) is 5.22. The number of methoxy groups -OCH3 is 1. The third-order valence-corrected chi connectivity index (χ3v) is 3.99. The topological polar surface area (TPSA) is 21.3 Å². The summed E-state index contributed by atoms with van der Waals surface area (Å²) in [6.07, 6.45) is 2.14. The van der Waals surface area contributed by atoms with Crippen molar-refractivity contribution in [3.8, 4) is 5.75 Å². The number of rotatable bonds is 8. The van der Waals surface area contributed by atoms with Crippen LogP contribution in [0.2, 0.25) is 0 Å². The van der Waals surface area contributed by atoms with Gasteiger partial charge in [-0.3, -0.25) is 0 Å². The molecule has 1 unspecified atom stereocenters. The number of nitrogens with one attached hydrogen (secondary N) is 1. The molecule has 0 radical (unpaired) electrons. The highest BCUT2D eigenvalue weighted by atomic mass is 35.5. The molecule has 4 heteroatoms. The molecule has 0 aromatic heterocycles. The molecule has 0 saturated carbocycles. The molecule has 1 N–H and O–H groups in total. The van der Waals surface area contributed by atoms with Crippen molar-refractivity contribution in [1.29, 1.82) is 0 Å². The lowest BCUT2D eigenvalue weighted by molar-refractivity contribution is 0.382. The van der Waals surface area contributed by atoms with Gasteiger partial charge in [-0.05, 0) is 12.0 Å². The Balaban J connectivity index is 2.49. The summed E-state index contributed by atoms with van der Waals surface area (Å²) in [6.45, 7) is 5.44. The molecule has 0 bridgehead atoms. The molecule has 0 saturated heterocycles. The van der Waals surface area contributed by atoms with E-state index < -0.39 is 0 Å². The van der Waals surface area contributed by atoms with E-state index in [9.17, 15) is 4.39 Å². The minimum Gasteiger partial charge on any atom is -0.494 e. The number of alkyl halides is 1. The number of ether oxygens (including phenoxy) is 1. The molecule has 0 fully saturated rings. The maximum absolute atomic E-state index is 13.9. The van der Waals surface area contributed by atoms with Crippen LogP contribution in [-0.2, 0) is 6.54 Å². The van der Waals surface area contributed by atoms with E-state index in [1.807, 2.05) is 0 Å². The molecule has 0 aliphatic rings. The van der Waals surface area contributed by atoms with E-state index in [1.165, 1.54) is 7.11 Å². The highest BCUT2D eigenvalue weighted by molar-refractivity contribution is 6.21. The molecule has 2 nitrogen and oxygen atoms in total. The zero-order chi connectivity index (χ0) is 14.3. The Bertz CT molecular complexity index is 382. The molecule has 0 aliphatic carbocycles. The first-order chi connectivity index (χ1) is 9.13. The monoisotopic (exact) mass is 287 g/mol. The first-order valence-corrected chi connectivity index (χ1v) is 7.23. The Labute approximate surface area is 120 Å². The summed E-state index contributed by atoms with van der Waals surface area (Å²) < 4.78 is 18.8. The zero-order valence-electron chi connectivity index (χ0n) is 11.9. The number of benzene rings is 1. The lowest BCUT2D eigenvalue weighted by Gasteiger charge is -2.19. The van der Waals surface area contributed by atoms with Crippen LogP contribution in [0.1, 0.15) is 32.3 Å². The van der Waals surface area contributed by atoms with Crippen LogP contribution in [-0.4, -0.2) is 19.0 Å². The largest absolute Gasteiger partial charge is 0.494 e. The summed E-state index contributed by atoms with van der Waals surface area (Å²) in [7, 11) is 1.47. The standard InChI is InChI=1S/C15H23ClFNO/c1-4-11(5-2)13(16)10-18-9-12-7-6-8-14(19-3)15(12)17/h6-8,11,13,18H,4-5,9-10H2,1-3H3. The maximum Gasteiger partial charge on any atom is 0.169 e. The average Bonchev–Trinajstić information content (AvgIpc) is 2.42. The minimum atomic E-state index is -0.300. The molecule has 0 amide bonds. The average molecular weight is 288 g/mol. The van der Waals surface area contributed by atoms with Gasteiger partial charge in [0, 0.05) is 24.0 Å². The SMILES string of the molecule is CCC(CC)C(Cl)CNCc1cccc(OC)c1F. The molecule has 108 valence electrons. The summed E-state index contributed by atoms with van der Waals surface area (Å²) in [6, 6.07) is 5.16. The van der Waals surface area contributed by atoms with Crippen LogP contribution < -0.4 is 10.1 Å². The lowest BCUT2D eigenvalue weighted by atomic mass is 9.99. The molecular weight excluding hydrogens is 265 g/mol. The van der Waals surface area contributed by atoms with Gasteiger partial charge in [0.25, 0.3) is 0 Å². The second-order valence-electron chi connectivity index (χ2n) is 4.66. The van der Waals surface area contributed by atoms with E-state index >= 15 is 0 Å². The summed E-state index contributed by atoms with van der Waals surface area (Å²) in [4.78, 5) is 0. The van der Waals surface area contributed by atoms with Gasteiger partial charge in [0.05, 0.1) is 7.11 Å². The van der Waals surface area contributed by atoms with Crippen molar-refractivity contribution < 1.29 is 9.13 Å². The summed E-state index contributed by atoms with van der Waals surface area (Å²) >= 11 is 6.33. The Kier molecular flexibility index (Phi) is 7.17. The molecular formula is C15H23ClFNO. The number of halogens is 2. The van der Waals surface area contributed by atoms with Gasteiger partial charge in [0.2, 0.25) is 0 Å². The Hall–Kier alpha value is -0.800. The third kappa shape index (κ3) is 4.66. The van der Waals surface area contributed by atoms with Crippen molar-refractivity contribution in [3.05, 3.63) is 29.6 Å². The van der Waals surface area contributed by atoms with Crippen molar-refractivity contribution in [2.75, 3.05) is 13.7 Å². The van der Waals surface area contributed by atoms with E-state index in [2.05, 4.69) is 19.2 Å². The molecule has 0 heterocycles. The smallest absolute Gasteiger partial charge is 0.169 e. The Morgan fingerprint density at radius 1 is 1.32 bits per heavy atom. The highest BCUT2D eigenvalue weighted by Crippen LogP contribution is 2.20. The Morgan fingerprint density at radius 3 is 2.58 bits per heavy atom. The van der Waals surface area contributed by atoms with E-state index in [0.717, 1.165) is 12.8 Å². The van der Waals surface area contributed by atoms with Gasteiger partial charge in [0.1, 0.15) is 0 Å². The van der Waals surface area contributed by atoms with Crippen LogP contribution in [0.15, 0.2) is 18.2 Å². The molecule has 1 rings (SSSR count). The molecule has 1 aromatic rings. The van der Waals surface area contributed by atoms with E-state index in [-0.39, 0.29) is 16.9 Å². The van der Waals surface area contributed by atoms with Crippen LogP contribution >= 0.6 is 11.6 Å². The van der Waals surface area contributed by atoms with E-state index in [1.54, 1.807) is 18.2 Å². The van der Waals surface area contributed by atoms with Crippen molar-refractivity contribution in [3.63, 3.8) is 0 Å². The Morgan fingerprint density at radius 2 is 2.00 bits per heavy atom. The molecule has 1 atom stereocenters. The van der Waals surface area contributed by atoms with Crippen molar-refractivity contribution >= 4 is 11.6 Å². The van der Waals surface area contributed by atoms with Crippen LogP contribution in [0.3, 0.4) is 0 Å². The van der Waals surface area contributed by atoms with Crippen LogP contribution in [0.5, 0.6) is 5.75 Å².